The molecule has 714 valence electrons. The first kappa shape index (κ1) is 97.2. The van der Waals surface area contributed by atoms with Gasteiger partial charge in [0.15, 0.2) is 38.2 Å². The maximum absolute atomic E-state index is 4.75. The van der Waals surface area contributed by atoms with Crippen LogP contribution in [0.15, 0.2) is 359 Å². The fourth-order valence-electron chi connectivity index (χ4n) is 23.3. The smallest absolute Gasteiger partial charge is 0.213 e. The molecule has 7 aliphatic carbocycles. The molecule has 0 spiro atoms. The molecule has 0 saturated heterocycles. The molecule has 10 aromatic carbocycles. The number of benzene rings is 10. The Labute approximate surface area is 873 Å². The summed E-state index contributed by atoms with van der Waals surface area (Å²) < 4.78 is 9.35. The van der Waals surface area contributed by atoms with Crippen LogP contribution in [-0.2, 0) is 137 Å². The van der Waals surface area contributed by atoms with Gasteiger partial charge >= 0.3 is 0 Å². The molecule has 2 fully saturated rings. The second-order valence-corrected chi connectivity index (χ2v) is 41.0. The average molecular weight is 2220 g/mol. The summed E-state index contributed by atoms with van der Waals surface area (Å²) in [6.45, 7) is 12.6. The standard InChI is InChI=1S/C45H36N3.C23H26N.C21H22N.C17H12N.C15H16N.C12H10N.2Ir/c1-4-12-40(13-5-1)44-27-22-37(33-46-44)20-25-39-24-19-36(18-17-35-11-10-16-43(32-35)48-29-8-3-9-30-48)31-42(39)26-21-38-23-28-45(47-34-38)41-14-6-2-7-15-41;1-23(2)18-8-16-10-22-19-9-15-6-4-3-5-14(15)7-17(19)12-24(22)13-20(16)21(23)11-18;1-2-4-14-9-19-17(7-13(14)3-1)11-22-12-20-16-6-5-15(8-16)18(20)10-21(19)22;1-2-7-14(8-3-1)15-9-6-10-16(13-15)17-11-4-5-12-18-17;1-12(2)11-14-9-6-10-15(16-14)13-7-4-3-5-8-13;1-2-6-11-10(5-1)9-13-8-4-3-7-12(11)13;;/h1-12,14,19,22-24,27-29,31-34H,17-18,20-21,25-26H2;7,9-10,13,18,21H,3-6,8,11-12H2,1-2H3;7,9-10,12,15-16H,1-6,8,11H2;1-9,11-13H;3-7,9-10,12H,11H2,1-2H3;1-8H,9H2;;/q-3;2*+1;2*-1;+1;;. The number of hydrogen-bond acceptors (Lipinski definition) is 4. The van der Waals surface area contributed by atoms with Gasteiger partial charge in [0, 0.05) is 122 Å². The van der Waals surface area contributed by atoms with Crippen LogP contribution in [0, 0.1) is 53.8 Å². The van der Waals surface area contributed by atoms with Crippen LogP contribution in [0.5, 0.6) is 0 Å². The van der Waals surface area contributed by atoms with E-state index in [0.29, 0.717) is 11.3 Å². The third-order valence-electron chi connectivity index (χ3n) is 31.1. The van der Waals surface area contributed by atoms with Crippen LogP contribution in [-0.4, -0.2) is 19.9 Å². The van der Waals surface area contributed by atoms with E-state index in [1.807, 2.05) is 157 Å². The van der Waals surface area contributed by atoms with Crippen LogP contribution in [0.3, 0.4) is 0 Å². The summed E-state index contributed by atoms with van der Waals surface area (Å²) in [5.41, 5.74) is 47.5. The van der Waals surface area contributed by atoms with Crippen molar-refractivity contribution in [1.82, 2.24) is 19.9 Å². The van der Waals surface area contributed by atoms with E-state index in [1.165, 1.54) is 167 Å². The van der Waals surface area contributed by atoms with Gasteiger partial charge in [-0.2, -0.15) is 37.5 Å². The maximum Gasteiger partial charge on any atom is 0.213 e. The second kappa shape index (κ2) is 44.7. The molecule has 28 rings (SSSR count). The van der Waals surface area contributed by atoms with Gasteiger partial charge in [-0.05, 0) is 301 Å². The van der Waals surface area contributed by atoms with E-state index >= 15 is 0 Å². The quantitative estimate of drug-likeness (QED) is 0.0673. The molecule has 10 aliphatic rings. The summed E-state index contributed by atoms with van der Waals surface area (Å²) >= 11 is 0. The number of rotatable bonds is 17. The molecule has 11 heterocycles. The van der Waals surface area contributed by atoms with Crippen molar-refractivity contribution in [3.63, 3.8) is 0 Å². The Kier molecular flexibility index (Phi) is 30.4. The molecule has 0 N–H and O–H groups in total. The van der Waals surface area contributed by atoms with Crippen LogP contribution >= 0.6 is 0 Å². The van der Waals surface area contributed by atoms with E-state index in [1.54, 1.807) is 61.8 Å². The van der Waals surface area contributed by atoms with Crippen molar-refractivity contribution in [2.45, 2.75) is 193 Å². The SMILES string of the molecule is CC(C)Cc1cccc(-c2[c-]cccc2)n1.CC1(C)C2Cc3cc4[n+](cc3C1C2)Cc1cc2c(cc1-4)CCCC2.[Ir].[Ir].[c-]1ccc(-c2ccccc2)cc1-c1ccccn1.[c-]1ccccc1-c1ccc(CCc2ccc(CCc3cc[c-]c(-[n+]4[c-]cccc4)c3)cc2CCc2ccc(-c3[c-]cccc3)nc2)cn1.c1c2c(cc3c1C[n+]1cc4c(cc1-3)C1CCC4C1)CCCC2.c1ccc2c(c1)C[n+]1ccccc1-2. The molecule has 3 aliphatic heterocycles. The Morgan fingerprint density at radius 2 is 0.923 bits per heavy atom. The van der Waals surface area contributed by atoms with E-state index in [2.05, 4.69) is 288 Å². The van der Waals surface area contributed by atoms with Gasteiger partial charge in [0.25, 0.3) is 0 Å². The van der Waals surface area contributed by atoms with Crippen LogP contribution < -0.4 is 18.3 Å². The van der Waals surface area contributed by atoms with Crippen molar-refractivity contribution < 1.29 is 58.5 Å². The number of fused-ring (bicyclic) bond motifs is 16. The topological polar surface area (TPSA) is 67.1 Å². The zero-order valence-electron chi connectivity index (χ0n) is 82.5. The molecule has 8 aromatic heterocycles. The minimum absolute atomic E-state index is 0. The first-order chi connectivity index (χ1) is 69.4. The third kappa shape index (κ3) is 22.1. The maximum atomic E-state index is 4.75. The molecule has 4 unspecified atom stereocenters. The first-order valence-corrected chi connectivity index (χ1v) is 51.6. The van der Waals surface area contributed by atoms with E-state index in [-0.39, 0.29) is 40.2 Å². The fraction of sp³-hybridized carbons (Fsp3) is 0.248. The average Bonchev–Trinajstić information content (AvgIpc) is 1.70. The van der Waals surface area contributed by atoms with E-state index < -0.39 is 0 Å². The van der Waals surface area contributed by atoms with Crippen molar-refractivity contribution in [3.8, 4) is 95.6 Å². The Morgan fingerprint density at radius 1 is 0.364 bits per heavy atom. The van der Waals surface area contributed by atoms with Gasteiger partial charge in [-0.25, -0.2) is 0 Å². The van der Waals surface area contributed by atoms with Crippen LogP contribution in [0.4, 0.5) is 0 Å². The zero-order chi connectivity index (χ0) is 95.0. The summed E-state index contributed by atoms with van der Waals surface area (Å²) in [6.07, 6.45) is 42.7. The molecule has 143 heavy (non-hydrogen) atoms. The molecular formula is C133H122Ir2N8-2. The van der Waals surface area contributed by atoms with Gasteiger partial charge in [-0.3, -0.25) is 0 Å². The van der Waals surface area contributed by atoms with Gasteiger partial charge in [0.1, 0.15) is 6.20 Å². The molecule has 0 amide bonds. The van der Waals surface area contributed by atoms with Gasteiger partial charge in [0.2, 0.25) is 17.1 Å². The zero-order valence-corrected chi connectivity index (χ0v) is 87.2. The molecular weight excluding hydrogens is 2090 g/mol. The first-order valence-electron chi connectivity index (χ1n) is 51.6. The van der Waals surface area contributed by atoms with E-state index in [9.17, 15) is 0 Å². The summed E-state index contributed by atoms with van der Waals surface area (Å²) in [6, 6.07) is 127. The van der Waals surface area contributed by atoms with Crippen molar-refractivity contribution >= 4 is 0 Å². The predicted molar refractivity (Wildman–Crippen MR) is 567 cm³/mol. The third-order valence-corrected chi connectivity index (χ3v) is 31.1. The second-order valence-electron chi connectivity index (χ2n) is 41.0. The van der Waals surface area contributed by atoms with Crippen LogP contribution in [0.2, 0.25) is 0 Å². The summed E-state index contributed by atoms with van der Waals surface area (Å²) in [5.74, 6) is 4.08. The largest absolute Gasteiger partial charge is 0.307 e. The van der Waals surface area contributed by atoms with Gasteiger partial charge in [0.05, 0.1) is 22.9 Å². The van der Waals surface area contributed by atoms with Crippen LogP contribution in [0.25, 0.3) is 95.6 Å². The fourth-order valence-corrected chi connectivity index (χ4v) is 23.3. The molecule has 8 nitrogen and oxygen atoms in total. The van der Waals surface area contributed by atoms with Gasteiger partial charge in [-0.15, -0.1) is 155 Å². The number of nitrogens with zero attached hydrogens (tertiary/aromatic N) is 8. The Bertz CT molecular complexity index is 7360. The minimum atomic E-state index is 0. The number of pyridine rings is 8. The molecule has 10 heteroatoms. The number of aromatic nitrogens is 8. The molecule has 4 bridgehead atoms. The molecule has 2 radical (unpaired) electrons. The van der Waals surface area contributed by atoms with Crippen molar-refractivity contribution in [3.05, 3.63) is 496 Å². The normalized spacial score (nSPS) is 16.0. The summed E-state index contributed by atoms with van der Waals surface area (Å²) in [4.78, 5) is 18.5. The number of aryl methyl sites for hydroxylation is 10. The Balaban J connectivity index is 0.000000111. The Morgan fingerprint density at radius 3 is 1.56 bits per heavy atom. The van der Waals surface area contributed by atoms with Crippen LogP contribution in [0.1, 0.15) is 197 Å². The predicted octanol–water partition coefficient (Wildman–Crippen LogP) is 27.4. The Hall–Kier alpha value is -13.3. The monoisotopic (exact) mass is 2220 g/mol. The van der Waals surface area contributed by atoms with E-state index in [4.69, 9.17) is 9.97 Å². The van der Waals surface area contributed by atoms with E-state index in [0.717, 1.165) is 145 Å². The number of hydrogen-bond donors (Lipinski definition) is 0. The summed E-state index contributed by atoms with van der Waals surface area (Å²) in [5, 5.41) is 0. The van der Waals surface area contributed by atoms with Gasteiger partial charge < -0.3 is 24.5 Å². The van der Waals surface area contributed by atoms with Gasteiger partial charge in [-0.1, -0.05) is 155 Å². The minimum Gasteiger partial charge on any atom is -0.307 e. The van der Waals surface area contributed by atoms with Crippen molar-refractivity contribution in [2.24, 2.45) is 17.3 Å². The molecule has 2 saturated carbocycles. The molecule has 4 atom stereocenters. The van der Waals surface area contributed by atoms with Crippen molar-refractivity contribution in [2.75, 3.05) is 0 Å². The molecule has 18 aromatic rings. The van der Waals surface area contributed by atoms with Crippen molar-refractivity contribution in [1.29, 1.82) is 0 Å². The summed E-state index contributed by atoms with van der Waals surface area (Å²) in [7, 11) is 0.